The number of halogens is 1. The van der Waals surface area contributed by atoms with Crippen molar-refractivity contribution in [2.45, 2.75) is 71.9 Å². The van der Waals surface area contributed by atoms with Gasteiger partial charge in [-0.3, -0.25) is 4.90 Å². The number of alkyl halides is 1. The zero-order valence-electron chi connectivity index (χ0n) is 10.4. The van der Waals surface area contributed by atoms with Crippen LogP contribution in [0.5, 0.6) is 0 Å². The fraction of sp³-hybridized carbons (Fsp3) is 1.00. The van der Waals surface area contributed by atoms with E-state index in [1.165, 1.54) is 25.7 Å². The lowest BCUT2D eigenvalue weighted by molar-refractivity contribution is 0.115. The third-order valence-electron chi connectivity index (χ3n) is 2.75. The fourth-order valence-corrected chi connectivity index (χ4v) is 3.50. The standard InChI is InChI=1S/C12H26IN/c1-6-7-8-9-11(2)14(10-13)12(3,4)5/h11H,6-10H2,1-5H3. The second-order valence-electron chi connectivity index (χ2n) is 5.10. The van der Waals surface area contributed by atoms with Gasteiger partial charge >= 0.3 is 0 Å². The monoisotopic (exact) mass is 311 g/mol. The third kappa shape index (κ3) is 5.54. The smallest absolute Gasteiger partial charge is 0.0513 e. The maximum atomic E-state index is 2.59. The van der Waals surface area contributed by atoms with E-state index >= 15 is 0 Å². The van der Waals surface area contributed by atoms with Gasteiger partial charge in [-0.15, -0.1) is 0 Å². The van der Waals surface area contributed by atoms with Crippen molar-refractivity contribution in [3.05, 3.63) is 0 Å². The van der Waals surface area contributed by atoms with Crippen LogP contribution in [-0.4, -0.2) is 21.0 Å². The Morgan fingerprint density at radius 3 is 2.14 bits per heavy atom. The predicted octanol–water partition coefficient (Wildman–Crippen LogP) is 4.45. The average Bonchev–Trinajstić information content (AvgIpc) is 2.03. The van der Waals surface area contributed by atoms with Crippen molar-refractivity contribution in [2.24, 2.45) is 0 Å². The van der Waals surface area contributed by atoms with Gasteiger partial charge in [0.1, 0.15) is 0 Å². The number of nitrogens with zero attached hydrogens (tertiary/aromatic N) is 1. The van der Waals surface area contributed by atoms with E-state index in [4.69, 9.17) is 0 Å². The van der Waals surface area contributed by atoms with Gasteiger partial charge in [-0.1, -0.05) is 48.8 Å². The average molecular weight is 311 g/mol. The first-order valence-electron chi connectivity index (χ1n) is 5.76. The lowest BCUT2D eigenvalue weighted by Crippen LogP contribution is -2.46. The molecule has 0 bridgehead atoms. The Bertz CT molecular complexity index is 140. The molecule has 0 rings (SSSR count). The summed E-state index contributed by atoms with van der Waals surface area (Å²) in [6, 6.07) is 0.721. The van der Waals surface area contributed by atoms with Gasteiger partial charge in [-0.05, 0) is 34.1 Å². The highest BCUT2D eigenvalue weighted by Gasteiger charge is 2.24. The molecule has 0 aromatic heterocycles. The summed E-state index contributed by atoms with van der Waals surface area (Å²) in [7, 11) is 0. The van der Waals surface area contributed by atoms with Gasteiger partial charge in [0, 0.05) is 11.6 Å². The minimum atomic E-state index is 0.312. The van der Waals surface area contributed by atoms with Crippen LogP contribution in [-0.2, 0) is 0 Å². The van der Waals surface area contributed by atoms with E-state index in [-0.39, 0.29) is 0 Å². The molecule has 0 saturated heterocycles. The quantitative estimate of drug-likeness (QED) is 0.303. The number of rotatable bonds is 6. The molecule has 0 aliphatic heterocycles. The highest BCUT2D eigenvalue weighted by molar-refractivity contribution is 14.1. The molecule has 0 radical (unpaired) electrons. The van der Waals surface area contributed by atoms with Crippen LogP contribution in [0.1, 0.15) is 60.3 Å². The Balaban J connectivity index is 3.98. The molecule has 0 amide bonds. The molecule has 2 heteroatoms. The molecule has 86 valence electrons. The SMILES string of the molecule is CCCCCC(C)N(CI)C(C)(C)C. The number of hydrogen-bond acceptors (Lipinski definition) is 1. The number of unbranched alkanes of at least 4 members (excludes halogenated alkanes) is 2. The van der Waals surface area contributed by atoms with Crippen LogP contribution in [0.4, 0.5) is 0 Å². The van der Waals surface area contributed by atoms with Crippen molar-refractivity contribution in [3.63, 3.8) is 0 Å². The molecule has 0 N–H and O–H groups in total. The minimum Gasteiger partial charge on any atom is -0.287 e. The van der Waals surface area contributed by atoms with Crippen LogP contribution in [0.25, 0.3) is 0 Å². The van der Waals surface area contributed by atoms with Gasteiger partial charge in [0.15, 0.2) is 0 Å². The van der Waals surface area contributed by atoms with E-state index in [0.29, 0.717) is 5.54 Å². The van der Waals surface area contributed by atoms with Gasteiger partial charge in [-0.25, -0.2) is 0 Å². The first kappa shape index (κ1) is 14.7. The summed E-state index contributed by atoms with van der Waals surface area (Å²) in [5, 5.41) is 0. The molecule has 0 saturated carbocycles. The molecule has 1 atom stereocenters. The Hall–Kier alpha value is 0.690. The molecule has 0 aromatic carbocycles. The van der Waals surface area contributed by atoms with Crippen LogP contribution in [0.3, 0.4) is 0 Å². The summed E-state index contributed by atoms with van der Waals surface area (Å²) < 4.78 is 1.13. The maximum absolute atomic E-state index is 2.59. The molecule has 1 unspecified atom stereocenters. The van der Waals surface area contributed by atoms with Crippen molar-refractivity contribution < 1.29 is 0 Å². The van der Waals surface area contributed by atoms with Crippen LogP contribution in [0.15, 0.2) is 0 Å². The summed E-state index contributed by atoms with van der Waals surface area (Å²) >= 11 is 2.48. The molecule has 0 heterocycles. The molecular weight excluding hydrogens is 285 g/mol. The van der Waals surface area contributed by atoms with E-state index in [2.05, 4.69) is 62.1 Å². The number of hydrogen-bond donors (Lipinski definition) is 0. The lowest BCUT2D eigenvalue weighted by atomic mass is 10.0. The molecule has 0 spiro atoms. The van der Waals surface area contributed by atoms with Gasteiger partial charge in [0.05, 0.1) is 4.55 Å². The summed E-state index contributed by atoms with van der Waals surface area (Å²) in [6.45, 7) is 11.6. The highest BCUT2D eigenvalue weighted by Crippen LogP contribution is 2.21. The van der Waals surface area contributed by atoms with E-state index in [1.54, 1.807) is 0 Å². The Morgan fingerprint density at radius 2 is 1.79 bits per heavy atom. The first-order valence-corrected chi connectivity index (χ1v) is 7.28. The second kappa shape index (κ2) is 7.04. The van der Waals surface area contributed by atoms with Crippen molar-refractivity contribution in [3.8, 4) is 0 Å². The molecular formula is C12H26IN. The van der Waals surface area contributed by atoms with Gasteiger partial charge in [-0.2, -0.15) is 0 Å². The van der Waals surface area contributed by atoms with Crippen molar-refractivity contribution in [1.82, 2.24) is 4.90 Å². The van der Waals surface area contributed by atoms with Crippen LogP contribution >= 0.6 is 22.6 Å². The van der Waals surface area contributed by atoms with E-state index < -0.39 is 0 Å². The summed E-state index contributed by atoms with van der Waals surface area (Å²) in [6.07, 6.45) is 5.42. The molecule has 0 fully saturated rings. The topological polar surface area (TPSA) is 3.24 Å². The Morgan fingerprint density at radius 1 is 1.21 bits per heavy atom. The van der Waals surface area contributed by atoms with Crippen molar-refractivity contribution in [2.75, 3.05) is 4.55 Å². The van der Waals surface area contributed by atoms with Crippen LogP contribution in [0, 0.1) is 0 Å². The largest absolute Gasteiger partial charge is 0.287 e. The van der Waals surface area contributed by atoms with E-state index in [1.807, 2.05) is 0 Å². The second-order valence-corrected chi connectivity index (χ2v) is 5.79. The molecule has 0 aromatic rings. The molecule has 0 aliphatic rings. The van der Waals surface area contributed by atoms with Crippen LogP contribution < -0.4 is 0 Å². The summed E-state index contributed by atoms with van der Waals surface area (Å²) in [4.78, 5) is 2.59. The predicted molar refractivity (Wildman–Crippen MR) is 74.1 cm³/mol. The summed E-state index contributed by atoms with van der Waals surface area (Å²) in [5.41, 5.74) is 0.312. The molecule has 0 aliphatic carbocycles. The van der Waals surface area contributed by atoms with Gasteiger partial charge < -0.3 is 0 Å². The zero-order valence-corrected chi connectivity index (χ0v) is 12.6. The van der Waals surface area contributed by atoms with Crippen molar-refractivity contribution in [1.29, 1.82) is 0 Å². The molecule has 1 nitrogen and oxygen atoms in total. The zero-order chi connectivity index (χ0) is 11.2. The Kier molecular flexibility index (Phi) is 7.39. The lowest BCUT2D eigenvalue weighted by Gasteiger charge is -2.39. The maximum Gasteiger partial charge on any atom is 0.0513 e. The van der Waals surface area contributed by atoms with E-state index in [0.717, 1.165) is 10.6 Å². The van der Waals surface area contributed by atoms with Crippen molar-refractivity contribution >= 4 is 22.6 Å². The summed E-state index contributed by atoms with van der Waals surface area (Å²) in [5.74, 6) is 0. The third-order valence-corrected chi connectivity index (χ3v) is 3.48. The van der Waals surface area contributed by atoms with Crippen LogP contribution in [0.2, 0.25) is 0 Å². The fourth-order valence-electron chi connectivity index (χ4n) is 1.80. The van der Waals surface area contributed by atoms with Gasteiger partial charge in [0.25, 0.3) is 0 Å². The van der Waals surface area contributed by atoms with Gasteiger partial charge in [0.2, 0.25) is 0 Å². The molecule has 14 heavy (non-hydrogen) atoms. The first-order chi connectivity index (χ1) is 6.43. The minimum absolute atomic E-state index is 0.312. The highest BCUT2D eigenvalue weighted by atomic mass is 127. The Labute approximate surface area is 104 Å². The normalized spacial score (nSPS) is 14.8. The van der Waals surface area contributed by atoms with E-state index in [9.17, 15) is 0 Å².